The molecule has 0 bridgehead atoms. The first-order chi connectivity index (χ1) is 9.68. The summed E-state index contributed by atoms with van der Waals surface area (Å²) < 4.78 is 38.3. The Morgan fingerprint density at radius 3 is 2.52 bits per heavy atom. The van der Waals surface area contributed by atoms with E-state index in [2.05, 4.69) is 26.2 Å². The number of amides is 1. The number of carbonyl (C=O) groups excluding carboxylic acids is 1. The lowest BCUT2D eigenvalue weighted by Crippen LogP contribution is -2.14. The van der Waals surface area contributed by atoms with Gasteiger partial charge >= 0.3 is 6.18 Å². The number of benzene rings is 1. The van der Waals surface area contributed by atoms with E-state index in [-0.39, 0.29) is 10.0 Å². The first kappa shape index (κ1) is 16.0. The Labute approximate surface area is 131 Å². The van der Waals surface area contributed by atoms with E-state index in [1.807, 2.05) is 6.92 Å². The summed E-state index contributed by atoms with van der Waals surface area (Å²) >= 11 is 4.11. The molecule has 0 aliphatic carbocycles. The molecular formula is C13H10BrF3N2OS. The molecule has 2 rings (SSSR count). The smallest absolute Gasteiger partial charge is 0.298 e. The third-order valence-electron chi connectivity index (χ3n) is 2.78. The van der Waals surface area contributed by atoms with Crippen LogP contribution in [-0.2, 0) is 6.18 Å². The highest BCUT2D eigenvalue weighted by Gasteiger charge is 2.33. The van der Waals surface area contributed by atoms with Crippen molar-refractivity contribution in [3.05, 3.63) is 44.4 Å². The van der Waals surface area contributed by atoms with Crippen molar-refractivity contribution in [2.24, 2.45) is 0 Å². The second-order valence-electron chi connectivity index (χ2n) is 4.31. The molecular weight excluding hydrogens is 369 g/mol. The lowest BCUT2D eigenvalue weighted by molar-refractivity contribution is -0.138. The number of nitrogens with zero attached hydrogens (tertiary/aromatic N) is 1. The second kappa shape index (κ2) is 5.76. The SMILES string of the molecule is Cc1nc(NC(=O)c2ccc(Br)c(C(F)(F)F)c2)sc1C. The number of rotatable bonds is 2. The number of aryl methyl sites for hydroxylation is 2. The zero-order valence-corrected chi connectivity index (χ0v) is 13.4. The predicted molar refractivity (Wildman–Crippen MR) is 78.7 cm³/mol. The molecule has 1 aromatic heterocycles. The maximum Gasteiger partial charge on any atom is 0.417 e. The highest BCUT2D eigenvalue weighted by molar-refractivity contribution is 9.10. The largest absolute Gasteiger partial charge is 0.417 e. The summed E-state index contributed by atoms with van der Waals surface area (Å²) in [7, 11) is 0. The standard InChI is InChI=1S/C13H10BrF3N2OS/c1-6-7(2)21-12(18-6)19-11(20)8-3-4-10(14)9(5-8)13(15,16)17/h3-5H,1-2H3,(H,18,19,20). The molecule has 3 nitrogen and oxygen atoms in total. The molecule has 1 aromatic carbocycles. The molecule has 1 heterocycles. The fourth-order valence-electron chi connectivity index (χ4n) is 1.58. The van der Waals surface area contributed by atoms with Crippen molar-refractivity contribution in [2.45, 2.75) is 20.0 Å². The molecule has 112 valence electrons. The Bertz CT molecular complexity index is 678. The van der Waals surface area contributed by atoms with Crippen LogP contribution in [0.3, 0.4) is 0 Å². The van der Waals surface area contributed by atoms with E-state index in [0.717, 1.165) is 16.6 Å². The molecule has 0 aliphatic rings. The topological polar surface area (TPSA) is 42.0 Å². The molecule has 8 heteroatoms. The fraction of sp³-hybridized carbons (Fsp3) is 0.231. The van der Waals surface area contributed by atoms with Crippen molar-refractivity contribution in [2.75, 3.05) is 5.32 Å². The van der Waals surface area contributed by atoms with E-state index in [0.29, 0.717) is 5.13 Å². The van der Waals surface area contributed by atoms with E-state index in [9.17, 15) is 18.0 Å². The average molecular weight is 379 g/mol. The number of carbonyl (C=O) groups is 1. The van der Waals surface area contributed by atoms with Gasteiger partial charge in [0.05, 0.1) is 11.3 Å². The number of thiazole rings is 1. The van der Waals surface area contributed by atoms with Gasteiger partial charge in [-0.2, -0.15) is 13.2 Å². The molecule has 0 fully saturated rings. The van der Waals surface area contributed by atoms with Crippen LogP contribution in [0.5, 0.6) is 0 Å². The molecule has 0 aliphatic heterocycles. The monoisotopic (exact) mass is 378 g/mol. The average Bonchev–Trinajstić information content (AvgIpc) is 2.67. The third kappa shape index (κ3) is 3.62. The number of alkyl halides is 3. The number of nitrogens with one attached hydrogen (secondary N) is 1. The Morgan fingerprint density at radius 2 is 2.00 bits per heavy atom. The number of hydrogen-bond donors (Lipinski definition) is 1. The Balaban J connectivity index is 2.27. The minimum Gasteiger partial charge on any atom is -0.298 e. The van der Waals surface area contributed by atoms with Gasteiger partial charge in [0.25, 0.3) is 5.91 Å². The van der Waals surface area contributed by atoms with Gasteiger partial charge in [-0.3, -0.25) is 10.1 Å². The number of halogens is 4. The molecule has 0 saturated heterocycles. The van der Waals surface area contributed by atoms with Crippen LogP contribution in [0.25, 0.3) is 0 Å². The highest BCUT2D eigenvalue weighted by Crippen LogP contribution is 2.35. The lowest BCUT2D eigenvalue weighted by Gasteiger charge is -2.10. The van der Waals surface area contributed by atoms with E-state index in [1.54, 1.807) is 6.92 Å². The summed E-state index contributed by atoms with van der Waals surface area (Å²) in [6.45, 7) is 3.65. The van der Waals surface area contributed by atoms with Crippen molar-refractivity contribution in [3.63, 3.8) is 0 Å². The van der Waals surface area contributed by atoms with Gasteiger partial charge in [-0.05, 0) is 32.0 Å². The van der Waals surface area contributed by atoms with Crippen molar-refractivity contribution in [1.29, 1.82) is 0 Å². The number of anilines is 1. The molecule has 0 unspecified atom stereocenters. The van der Waals surface area contributed by atoms with Crippen LogP contribution in [0, 0.1) is 13.8 Å². The van der Waals surface area contributed by atoms with Crippen molar-refractivity contribution >= 4 is 38.3 Å². The number of aromatic nitrogens is 1. The van der Waals surface area contributed by atoms with Gasteiger partial charge in [0, 0.05) is 14.9 Å². The van der Waals surface area contributed by atoms with Crippen LogP contribution in [-0.4, -0.2) is 10.9 Å². The molecule has 0 spiro atoms. The third-order valence-corrected chi connectivity index (χ3v) is 4.46. The molecule has 1 N–H and O–H groups in total. The van der Waals surface area contributed by atoms with Crippen molar-refractivity contribution in [3.8, 4) is 0 Å². The summed E-state index contributed by atoms with van der Waals surface area (Å²) in [6, 6.07) is 3.34. The minimum absolute atomic E-state index is 0.0731. The Kier molecular flexibility index (Phi) is 4.38. The van der Waals surface area contributed by atoms with Crippen LogP contribution in [0.4, 0.5) is 18.3 Å². The van der Waals surface area contributed by atoms with Gasteiger partial charge in [0.1, 0.15) is 0 Å². The van der Waals surface area contributed by atoms with Gasteiger partial charge < -0.3 is 0 Å². The van der Waals surface area contributed by atoms with E-state index in [4.69, 9.17) is 0 Å². The molecule has 0 saturated carbocycles. The summed E-state index contributed by atoms with van der Waals surface area (Å²) in [6.07, 6.45) is -4.52. The van der Waals surface area contributed by atoms with Crippen LogP contribution in [0.15, 0.2) is 22.7 Å². The lowest BCUT2D eigenvalue weighted by atomic mass is 10.1. The van der Waals surface area contributed by atoms with E-state index >= 15 is 0 Å². The maximum atomic E-state index is 12.8. The first-order valence-electron chi connectivity index (χ1n) is 5.80. The molecule has 2 aromatic rings. The minimum atomic E-state index is -4.52. The normalized spacial score (nSPS) is 11.5. The summed E-state index contributed by atoms with van der Waals surface area (Å²) in [5, 5.41) is 2.87. The van der Waals surface area contributed by atoms with Gasteiger partial charge in [-0.15, -0.1) is 11.3 Å². The summed E-state index contributed by atoms with van der Waals surface area (Å²) in [5.74, 6) is -0.623. The summed E-state index contributed by atoms with van der Waals surface area (Å²) in [5.41, 5.74) is -0.181. The van der Waals surface area contributed by atoms with Crippen LogP contribution >= 0.6 is 27.3 Å². The maximum absolute atomic E-state index is 12.8. The summed E-state index contributed by atoms with van der Waals surface area (Å²) in [4.78, 5) is 17.1. The zero-order valence-electron chi connectivity index (χ0n) is 11.0. The molecule has 21 heavy (non-hydrogen) atoms. The van der Waals surface area contributed by atoms with Crippen LogP contribution < -0.4 is 5.32 Å². The van der Waals surface area contributed by atoms with Gasteiger partial charge in [0.2, 0.25) is 0 Å². The van der Waals surface area contributed by atoms with Crippen LogP contribution in [0.1, 0.15) is 26.5 Å². The van der Waals surface area contributed by atoms with Gasteiger partial charge in [0.15, 0.2) is 5.13 Å². The van der Waals surface area contributed by atoms with Crippen molar-refractivity contribution in [1.82, 2.24) is 4.98 Å². The van der Waals surface area contributed by atoms with Crippen molar-refractivity contribution < 1.29 is 18.0 Å². The molecule has 0 atom stereocenters. The molecule has 1 amide bonds. The zero-order chi connectivity index (χ0) is 15.8. The Hall–Kier alpha value is -1.41. The predicted octanol–water partition coefficient (Wildman–Crippen LogP) is 4.79. The van der Waals surface area contributed by atoms with E-state index < -0.39 is 17.6 Å². The highest BCUT2D eigenvalue weighted by atomic mass is 79.9. The van der Waals surface area contributed by atoms with Gasteiger partial charge in [-0.25, -0.2) is 4.98 Å². The van der Waals surface area contributed by atoms with Gasteiger partial charge in [-0.1, -0.05) is 15.9 Å². The quantitative estimate of drug-likeness (QED) is 0.815. The first-order valence-corrected chi connectivity index (χ1v) is 7.41. The fourth-order valence-corrected chi connectivity index (χ4v) is 2.86. The number of hydrogen-bond acceptors (Lipinski definition) is 3. The second-order valence-corrected chi connectivity index (χ2v) is 6.36. The van der Waals surface area contributed by atoms with Crippen LogP contribution in [0.2, 0.25) is 0 Å². The van der Waals surface area contributed by atoms with E-state index in [1.165, 1.54) is 23.5 Å². The Morgan fingerprint density at radius 1 is 1.33 bits per heavy atom. The molecule has 0 radical (unpaired) electrons.